The third-order valence-electron chi connectivity index (χ3n) is 3.50. The Balaban J connectivity index is 2.03. The molecule has 0 fully saturated rings. The molecule has 1 heterocycles. The van der Waals surface area contributed by atoms with E-state index in [2.05, 4.69) is 4.99 Å². The Hall–Kier alpha value is -3.30. The molecule has 3 rings (SSSR count). The van der Waals surface area contributed by atoms with Crippen molar-refractivity contribution in [2.75, 3.05) is 0 Å². The predicted molar refractivity (Wildman–Crippen MR) is 96.8 cm³/mol. The topological polar surface area (TPSA) is 125 Å². The molecular formula is C16H7Cl2N3O6. The summed E-state index contributed by atoms with van der Waals surface area (Å²) in [5.74, 6) is -0.877. The summed E-state index contributed by atoms with van der Waals surface area (Å²) in [5.41, 5.74) is -0.829. The van der Waals surface area contributed by atoms with Crippen LogP contribution >= 0.6 is 23.2 Å². The molecule has 0 saturated carbocycles. The van der Waals surface area contributed by atoms with Gasteiger partial charge in [0.05, 0.1) is 31.5 Å². The largest absolute Gasteiger partial charge is 0.402 e. The second-order valence-electron chi connectivity index (χ2n) is 5.22. The van der Waals surface area contributed by atoms with Crippen LogP contribution in [0.15, 0.2) is 47.1 Å². The highest BCUT2D eigenvalue weighted by molar-refractivity contribution is 6.42. The molecule has 0 atom stereocenters. The summed E-state index contributed by atoms with van der Waals surface area (Å²) < 4.78 is 5.05. The second kappa shape index (κ2) is 7.14. The molecule has 136 valence electrons. The number of cyclic esters (lactones) is 1. The summed E-state index contributed by atoms with van der Waals surface area (Å²) in [5, 5.41) is 22.5. The fourth-order valence-corrected chi connectivity index (χ4v) is 2.53. The zero-order chi connectivity index (χ0) is 19.7. The number of carbonyl (C=O) groups is 1. The minimum Gasteiger partial charge on any atom is -0.402 e. The first-order valence-corrected chi connectivity index (χ1v) is 7.92. The molecule has 1 aliphatic heterocycles. The molecule has 0 saturated heterocycles. The van der Waals surface area contributed by atoms with Crippen LogP contribution in [0.3, 0.4) is 0 Å². The predicted octanol–water partition coefficient (Wildman–Crippen LogP) is 4.15. The molecule has 0 spiro atoms. The zero-order valence-electron chi connectivity index (χ0n) is 13.1. The highest BCUT2D eigenvalue weighted by Gasteiger charge is 2.26. The molecule has 0 aromatic heterocycles. The fourth-order valence-electron chi connectivity index (χ4n) is 2.23. The van der Waals surface area contributed by atoms with Crippen LogP contribution in [0.25, 0.3) is 6.08 Å². The number of nitro groups is 2. The van der Waals surface area contributed by atoms with Gasteiger partial charge in [0.25, 0.3) is 11.4 Å². The number of esters is 1. The smallest absolute Gasteiger partial charge is 0.363 e. The molecule has 0 radical (unpaired) electrons. The van der Waals surface area contributed by atoms with E-state index in [0.29, 0.717) is 10.6 Å². The number of hydrogen-bond donors (Lipinski definition) is 0. The quantitative estimate of drug-likeness (QED) is 0.324. The lowest BCUT2D eigenvalue weighted by Gasteiger charge is -2.01. The van der Waals surface area contributed by atoms with Crippen LogP contribution < -0.4 is 0 Å². The first-order valence-electron chi connectivity index (χ1n) is 7.17. The molecule has 27 heavy (non-hydrogen) atoms. The van der Waals surface area contributed by atoms with Crippen LogP contribution in [0.4, 0.5) is 11.4 Å². The summed E-state index contributed by atoms with van der Waals surface area (Å²) in [6.07, 6.45) is 1.12. The van der Waals surface area contributed by atoms with Gasteiger partial charge in [-0.15, -0.1) is 0 Å². The van der Waals surface area contributed by atoms with Crippen molar-refractivity contribution in [2.24, 2.45) is 4.99 Å². The molecule has 0 bridgehead atoms. The zero-order valence-corrected chi connectivity index (χ0v) is 14.6. The lowest BCUT2D eigenvalue weighted by atomic mass is 10.1. The summed E-state index contributed by atoms with van der Waals surface area (Å²) in [7, 11) is 0. The van der Waals surface area contributed by atoms with E-state index < -0.39 is 27.2 Å². The number of hydrogen-bond acceptors (Lipinski definition) is 7. The maximum atomic E-state index is 12.0. The molecule has 1 aliphatic rings. The van der Waals surface area contributed by atoms with Gasteiger partial charge >= 0.3 is 5.97 Å². The summed E-state index contributed by atoms with van der Waals surface area (Å²) in [4.78, 5) is 36.5. The van der Waals surface area contributed by atoms with Crippen molar-refractivity contribution in [1.82, 2.24) is 0 Å². The standard InChI is InChI=1S/C16H7Cl2N3O6/c17-11-4-2-9(5-12(11)18)15-19-13(16(22)27-15)6-8-1-3-10(20(23)24)7-14(8)21(25)26/h1-7H/b13-6-. The molecule has 2 aromatic carbocycles. The molecule has 0 N–H and O–H groups in total. The van der Waals surface area contributed by atoms with E-state index in [1.54, 1.807) is 0 Å². The summed E-state index contributed by atoms with van der Waals surface area (Å²) in [6.45, 7) is 0. The number of rotatable bonds is 4. The Morgan fingerprint density at radius 3 is 2.37 bits per heavy atom. The van der Waals surface area contributed by atoms with Gasteiger partial charge in [0, 0.05) is 11.6 Å². The highest BCUT2D eigenvalue weighted by Crippen LogP contribution is 2.29. The number of halogens is 2. The number of carbonyl (C=O) groups excluding carboxylic acids is 1. The molecule has 0 unspecified atom stereocenters. The Morgan fingerprint density at radius 1 is 1.00 bits per heavy atom. The summed E-state index contributed by atoms with van der Waals surface area (Å²) >= 11 is 11.8. The first kappa shape index (κ1) is 18.5. The van der Waals surface area contributed by atoms with E-state index in [1.807, 2.05) is 0 Å². The van der Waals surface area contributed by atoms with Crippen molar-refractivity contribution >= 4 is 52.5 Å². The van der Waals surface area contributed by atoms with Gasteiger partial charge in [-0.3, -0.25) is 20.2 Å². The maximum absolute atomic E-state index is 12.0. The molecule has 0 amide bonds. The first-order chi connectivity index (χ1) is 12.8. The lowest BCUT2D eigenvalue weighted by Crippen LogP contribution is -2.05. The van der Waals surface area contributed by atoms with Crippen molar-refractivity contribution < 1.29 is 19.4 Å². The number of aliphatic imine (C=N–C) groups is 1. The maximum Gasteiger partial charge on any atom is 0.363 e. The van der Waals surface area contributed by atoms with Crippen LogP contribution in [0.5, 0.6) is 0 Å². The average Bonchev–Trinajstić information content (AvgIpc) is 2.98. The Bertz CT molecular complexity index is 1060. The van der Waals surface area contributed by atoms with E-state index in [9.17, 15) is 25.0 Å². The Labute approximate surface area is 160 Å². The van der Waals surface area contributed by atoms with E-state index in [4.69, 9.17) is 27.9 Å². The number of benzene rings is 2. The van der Waals surface area contributed by atoms with Crippen molar-refractivity contribution in [3.05, 3.63) is 83.5 Å². The van der Waals surface area contributed by atoms with E-state index in [0.717, 1.165) is 24.3 Å². The third-order valence-corrected chi connectivity index (χ3v) is 4.24. The van der Waals surface area contributed by atoms with Crippen LogP contribution in [0.1, 0.15) is 11.1 Å². The van der Waals surface area contributed by atoms with Crippen LogP contribution in [0.2, 0.25) is 10.0 Å². The van der Waals surface area contributed by atoms with Crippen molar-refractivity contribution in [3.8, 4) is 0 Å². The summed E-state index contributed by atoms with van der Waals surface area (Å²) in [6, 6.07) is 7.53. The molecule has 9 nitrogen and oxygen atoms in total. The second-order valence-corrected chi connectivity index (χ2v) is 6.04. The van der Waals surface area contributed by atoms with Gasteiger partial charge in [-0.2, -0.15) is 0 Å². The highest BCUT2D eigenvalue weighted by atomic mass is 35.5. The van der Waals surface area contributed by atoms with Crippen LogP contribution in [0, 0.1) is 20.2 Å². The number of nitro benzene ring substituents is 2. The Morgan fingerprint density at radius 2 is 1.74 bits per heavy atom. The van der Waals surface area contributed by atoms with E-state index in [-0.39, 0.29) is 22.2 Å². The molecule has 11 heteroatoms. The normalized spacial score (nSPS) is 14.8. The van der Waals surface area contributed by atoms with Gasteiger partial charge in [-0.1, -0.05) is 23.2 Å². The van der Waals surface area contributed by atoms with Crippen LogP contribution in [-0.2, 0) is 9.53 Å². The van der Waals surface area contributed by atoms with Gasteiger partial charge in [-0.25, -0.2) is 9.79 Å². The number of nitrogens with zero attached hydrogens (tertiary/aromatic N) is 3. The van der Waals surface area contributed by atoms with Gasteiger partial charge in [0.15, 0.2) is 5.70 Å². The Kier molecular flexibility index (Phi) is 4.89. The SMILES string of the molecule is O=C1OC(c2ccc(Cl)c(Cl)c2)=N/C1=C\c1ccc([N+](=O)[O-])cc1[N+](=O)[O-]. The van der Waals surface area contributed by atoms with E-state index >= 15 is 0 Å². The minimum absolute atomic E-state index is 0.0308. The van der Waals surface area contributed by atoms with Crippen molar-refractivity contribution in [2.45, 2.75) is 0 Å². The third kappa shape index (κ3) is 3.78. The molecule has 2 aromatic rings. The molecular weight excluding hydrogens is 401 g/mol. The van der Waals surface area contributed by atoms with Crippen LogP contribution in [-0.4, -0.2) is 21.7 Å². The molecule has 0 aliphatic carbocycles. The number of ether oxygens (including phenoxy) is 1. The van der Waals surface area contributed by atoms with Gasteiger partial charge in [-0.05, 0) is 30.3 Å². The van der Waals surface area contributed by atoms with Gasteiger partial charge < -0.3 is 4.74 Å². The monoisotopic (exact) mass is 407 g/mol. The van der Waals surface area contributed by atoms with Crippen molar-refractivity contribution in [1.29, 1.82) is 0 Å². The minimum atomic E-state index is -0.830. The van der Waals surface area contributed by atoms with Gasteiger partial charge in [0.1, 0.15) is 0 Å². The number of non-ortho nitro benzene ring substituents is 1. The lowest BCUT2D eigenvalue weighted by molar-refractivity contribution is -0.394. The van der Waals surface area contributed by atoms with Crippen molar-refractivity contribution in [3.63, 3.8) is 0 Å². The van der Waals surface area contributed by atoms with Gasteiger partial charge in [0.2, 0.25) is 5.90 Å². The van der Waals surface area contributed by atoms with E-state index in [1.165, 1.54) is 18.2 Å². The average molecular weight is 408 g/mol. The fraction of sp³-hybridized carbons (Fsp3) is 0.